The predicted octanol–water partition coefficient (Wildman–Crippen LogP) is 13.3. The first-order valence-corrected chi connectivity index (χ1v) is 21.5. The summed E-state index contributed by atoms with van der Waals surface area (Å²) < 4.78 is 16.6. The minimum Gasteiger partial charge on any atom is -0.462 e. The number of rotatable bonds is 39. The average Bonchev–Trinajstić information content (AvgIpc) is 3.10. The third-order valence-corrected chi connectivity index (χ3v) is 9.61. The summed E-state index contributed by atoms with van der Waals surface area (Å²) in [4.78, 5) is 37.5. The molecule has 0 spiro atoms. The largest absolute Gasteiger partial charge is 0.462 e. The number of ether oxygens (including phenoxy) is 3. The van der Waals surface area contributed by atoms with Crippen molar-refractivity contribution in [2.75, 3.05) is 13.2 Å². The van der Waals surface area contributed by atoms with Crippen LogP contribution in [-0.4, -0.2) is 37.2 Å². The maximum Gasteiger partial charge on any atom is 0.306 e. The van der Waals surface area contributed by atoms with Gasteiger partial charge in [-0.25, -0.2) is 0 Å². The van der Waals surface area contributed by atoms with Crippen LogP contribution in [0.2, 0.25) is 0 Å². The Bertz CT molecular complexity index is 723. The molecule has 0 saturated carbocycles. The summed E-state index contributed by atoms with van der Waals surface area (Å²) in [5.41, 5.74) is 0. The molecule has 49 heavy (non-hydrogen) atoms. The van der Waals surface area contributed by atoms with Crippen molar-refractivity contribution in [1.29, 1.82) is 0 Å². The average molecular weight is 695 g/mol. The van der Waals surface area contributed by atoms with E-state index >= 15 is 0 Å². The summed E-state index contributed by atoms with van der Waals surface area (Å²) in [5.74, 6) is -0.862. The van der Waals surface area contributed by atoms with Crippen LogP contribution in [0.15, 0.2) is 0 Å². The normalized spacial score (nSPS) is 11.8. The highest BCUT2D eigenvalue weighted by Gasteiger charge is 2.19. The number of hydrogen-bond donors (Lipinski definition) is 0. The molecule has 1 unspecified atom stereocenters. The quantitative estimate of drug-likeness (QED) is 0.0362. The smallest absolute Gasteiger partial charge is 0.306 e. The van der Waals surface area contributed by atoms with Crippen molar-refractivity contribution in [3.8, 4) is 0 Å². The van der Waals surface area contributed by atoms with E-state index in [0.29, 0.717) is 19.3 Å². The van der Waals surface area contributed by atoms with Gasteiger partial charge in [-0.1, -0.05) is 201 Å². The molecule has 0 radical (unpaired) electrons. The SMILES string of the molecule is CCCCCCCCCCCCCCC(=O)OCC(COC(=O)CCCCCCCCC)OC(=O)CCCCCCCCCCCCCC. The fourth-order valence-corrected chi connectivity index (χ4v) is 6.32. The Kier molecular flexibility index (Phi) is 37.9. The summed E-state index contributed by atoms with van der Waals surface area (Å²) >= 11 is 0. The van der Waals surface area contributed by atoms with E-state index in [-0.39, 0.29) is 31.1 Å². The number of esters is 3. The predicted molar refractivity (Wildman–Crippen MR) is 206 cm³/mol. The van der Waals surface area contributed by atoms with Crippen LogP contribution < -0.4 is 0 Å². The third-order valence-electron chi connectivity index (χ3n) is 9.61. The summed E-state index contributed by atoms with van der Waals surface area (Å²) in [6.45, 7) is 6.60. The van der Waals surface area contributed by atoms with E-state index in [0.717, 1.165) is 57.8 Å². The monoisotopic (exact) mass is 695 g/mol. The third kappa shape index (κ3) is 37.5. The van der Waals surface area contributed by atoms with E-state index in [4.69, 9.17) is 14.2 Å². The van der Waals surface area contributed by atoms with Gasteiger partial charge < -0.3 is 14.2 Å². The van der Waals surface area contributed by atoms with Crippen LogP contribution in [0, 0.1) is 0 Å². The molecule has 0 aromatic rings. The zero-order valence-corrected chi connectivity index (χ0v) is 33.0. The number of carbonyl (C=O) groups excluding carboxylic acids is 3. The molecule has 0 aliphatic carbocycles. The minimum atomic E-state index is -0.756. The fourth-order valence-electron chi connectivity index (χ4n) is 6.32. The molecule has 1 atom stereocenters. The van der Waals surface area contributed by atoms with Crippen molar-refractivity contribution in [1.82, 2.24) is 0 Å². The van der Waals surface area contributed by atoms with E-state index in [1.54, 1.807) is 0 Å². The molecule has 0 amide bonds. The van der Waals surface area contributed by atoms with Gasteiger partial charge in [-0.2, -0.15) is 0 Å². The molecule has 0 aliphatic rings. The van der Waals surface area contributed by atoms with Gasteiger partial charge >= 0.3 is 17.9 Å². The zero-order chi connectivity index (χ0) is 35.9. The van der Waals surface area contributed by atoms with Gasteiger partial charge in [-0.05, 0) is 19.3 Å². The zero-order valence-electron chi connectivity index (χ0n) is 33.0. The molecule has 0 aromatic heterocycles. The van der Waals surface area contributed by atoms with Gasteiger partial charge in [0.05, 0.1) is 0 Å². The number of unbranched alkanes of at least 4 members (excludes halogenated alkanes) is 28. The Labute approximate surface area is 304 Å². The van der Waals surface area contributed by atoms with E-state index in [2.05, 4.69) is 20.8 Å². The van der Waals surface area contributed by atoms with Crippen LogP contribution in [-0.2, 0) is 28.6 Å². The molecule has 290 valence electrons. The van der Waals surface area contributed by atoms with Gasteiger partial charge in [-0.3, -0.25) is 14.4 Å². The number of hydrogen-bond acceptors (Lipinski definition) is 6. The summed E-state index contributed by atoms with van der Waals surface area (Å²) in [6.07, 6.45) is 38.0. The molecular formula is C43H82O6. The van der Waals surface area contributed by atoms with Crippen molar-refractivity contribution in [2.45, 2.75) is 245 Å². The van der Waals surface area contributed by atoms with Gasteiger partial charge in [0.1, 0.15) is 13.2 Å². The molecule has 0 fully saturated rings. The van der Waals surface area contributed by atoms with E-state index < -0.39 is 6.10 Å². The topological polar surface area (TPSA) is 78.9 Å². The van der Waals surface area contributed by atoms with E-state index in [1.165, 1.54) is 141 Å². The maximum absolute atomic E-state index is 12.6. The lowest BCUT2D eigenvalue weighted by atomic mass is 10.0. The molecule has 6 heteroatoms. The Hall–Kier alpha value is -1.59. The Morgan fingerprint density at radius 1 is 0.327 bits per heavy atom. The molecule has 0 bridgehead atoms. The second-order valence-electron chi connectivity index (χ2n) is 14.6. The molecular weight excluding hydrogens is 612 g/mol. The first-order chi connectivity index (χ1) is 24.0. The Morgan fingerprint density at radius 3 is 0.816 bits per heavy atom. The first-order valence-electron chi connectivity index (χ1n) is 21.5. The van der Waals surface area contributed by atoms with Crippen LogP contribution in [0.1, 0.15) is 239 Å². The molecule has 6 nitrogen and oxygen atoms in total. The second-order valence-corrected chi connectivity index (χ2v) is 14.6. The Morgan fingerprint density at radius 2 is 0.551 bits per heavy atom. The van der Waals surface area contributed by atoms with Crippen LogP contribution in [0.5, 0.6) is 0 Å². The summed E-state index contributed by atoms with van der Waals surface area (Å²) in [7, 11) is 0. The number of carbonyl (C=O) groups is 3. The molecule has 0 rings (SSSR count). The second kappa shape index (κ2) is 39.2. The molecule has 0 aliphatic heterocycles. The van der Waals surface area contributed by atoms with Crippen LogP contribution in [0.4, 0.5) is 0 Å². The lowest BCUT2D eigenvalue weighted by Gasteiger charge is -2.18. The summed E-state index contributed by atoms with van der Waals surface area (Å²) in [6, 6.07) is 0. The highest BCUT2D eigenvalue weighted by atomic mass is 16.6. The van der Waals surface area contributed by atoms with E-state index in [9.17, 15) is 14.4 Å². The van der Waals surface area contributed by atoms with Crippen molar-refractivity contribution in [3.63, 3.8) is 0 Å². The first kappa shape index (κ1) is 47.4. The minimum absolute atomic E-state index is 0.0635. The molecule has 0 saturated heterocycles. The van der Waals surface area contributed by atoms with Gasteiger partial charge in [0.25, 0.3) is 0 Å². The fraction of sp³-hybridized carbons (Fsp3) is 0.930. The van der Waals surface area contributed by atoms with Crippen molar-refractivity contribution < 1.29 is 28.6 Å². The van der Waals surface area contributed by atoms with Crippen LogP contribution in [0.3, 0.4) is 0 Å². The lowest BCUT2D eigenvalue weighted by Crippen LogP contribution is -2.30. The summed E-state index contributed by atoms with van der Waals surface area (Å²) in [5, 5.41) is 0. The molecule has 0 aromatic carbocycles. The lowest BCUT2D eigenvalue weighted by molar-refractivity contribution is -0.167. The van der Waals surface area contributed by atoms with Crippen LogP contribution in [0.25, 0.3) is 0 Å². The maximum atomic E-state index is 12.6. The highest BCUT2D eigenvalue weighted by molar-refractivity contribution is 5.71. The van der Waals surface area contributed by atoms with Crippen molar-refractivity contribution in [3.05, 3.63) is 0 Å². The highest BCUT2D eigenvalue weighted by Crippen LogP contribution is 2.15. The van der Waals surface area contributed by atoms with Crippen molar-refractivity contribution in [2.24, 2.45) is 0 Å². The van der Waals surface area contributed by atoms with E-state index in [1.807, 2.05) is 0 Å². The molecule has 0 heterocycles. The van der Waals surface area contributed by atoms with Gasteiger partial charge in [-0.15, -0.1) is 0 Å². The van der Waals surface area contributed by atoms with Crippen molar-refractivity contribution >= 4 is 17.9 Å². The van der Waals surface area contributed by atoms with Crippen LogP contribution >= 0.6 is 0 Å². The van der Waals surface area contributed by atoms with Gasteiger partial charge in [0.2, 0.25) is 0 Å². The molecule has 0 N–H and O–H groups in total. The standard InChI is InChI=1S/C43H82O6/c1-4-7-10-13-16-18-20-22-24-27-30-33-36-42(45)48-39-40(38-47-41(44)35-32-29-26-15-12-9-6-3)49-43(46)37-34-31-28-25-23-21-19-17-14-11-8-5-2/h40H,4-39H2,1-3H3. The van der Waals surface area contributed by atoms with Gasteiger partial charge in [0, 0.05) is 19.3 Å². The van der Waals surface area contributed by atoms with Gasteiger partial charge in [0.15, 0.2) is 6.10 Å². The Balaban J connectivity index is 4.29.